The van der Waals surface area contributed by atoms with Crippen LogP contribution in [0.4, 0.5) is 0 Å². The van der Waals surface area contributed by atoms with Crippen molar-refractivity contribution in [3.8, 4) is 0 Å². The number of aromatic amines is 1. The number of hydrogen-bond acceptors (Lipinski definition) is 4. The summed E-state index contributed by atoms with van der Waals surface area (Å²) in [5, 5.41) is 11.8. The second-order valence-electron chi connectivity index (χ2n) is 8.20. The molecule has 1 aromatic carbocycles. The molecule has 1 saturated carbocycles. The second kappa shape index (κ2) is 6.10. The van der Waals surface area contributed by atoms with Crippen molar-refractivity contribution in [2.24, 2.45) is 11.8 Å². The lowest BCUT2D eigenvalue weighted by Crippen LogP contribution is -2.54. The van der Waals surface area contributed by atoms with Crippen molar-refractivity contribution >= 4 is 16.9 Å². The quantitative estimate of drug-likeness (QED) is 0.773. The summed E-state index contributed by atoms with van der Waals surface area (Å²) in [6.45, 7) is 3.57. The van der Waals surface area contributed by atoms with Crippen molar-refractivity contribution in [1.82, 2.24) is 9.88 Å². The SMILES string of the molecule is CC(=O)O[C@@H]1C(O)CC[C@H]2CN3CCc4c([nH]c5ccccc45)C3CC21. The van der Waals surface area contributed by atoms with Crippen molar-refractivity contribution in [2.75, 3.05) is 13.1 Å². The molecule has 1 aromatic heterocycles. The Morgan fingerprint density at radius 1 is 1.31 bits per heavy atom. The van der Waals surface area contributed by atoms with Gasteiger partial charge < -0.3 is 14.8 Å². The molecule has 2 aromatic rings. The molecule has 5 rings (SSSR count). The number of esters is 1. The topological polar surface area (TPSA) is 65.6 Å². The highest BCUT2D eigenvalue weighted by molar-refractivity contribution is 5.85. The molecule has 2 fully saturated rings. The summed E-state index contributed by atoms with van der Waals surface area (Å²) in [6.07, 6.45) is 2.89. The van der Waals surface area contributed by atoms with Gasteiger partial charge in [-0.05, 0) is 43.2 Å². The molecule has 138 valence electrons. The van der Waals surface area contributed by atoms with Crippen LogP contribution in [-0.2, 0) is 16.0 Å². The number of nitrogens with zero attached hydrogens (tertiary/aromatic N) is 1. The first kappa shape index (κ1) is 16.3. The van der Waals surface area contributed by atoms with E-state index in [1.807, 2.05) is 0 Å². The first-order valence-electron chi connectivity index (χ1n) is 9.80. The standard InChI is InChI=1S/C21H26N2O3/c1-12(24)26-21-16-10-18-20-15(14-4-2-3-5-17(14)22-20)8-9-23(18)11-13(16)6-7-19(21)25/h2-5,13,16,18-19,21-22,25H,6-11H2,1H3/t13-,16?,18?,19?,21-/m0/s1. The van der Waals surface area contributed by atoms with Crippen LogP contribution in [0.15, 0.2) is 24.3 Å². The maximum atomic E-state index is 11.6. The number of fused-ring (bicyclic) bond motifs is 6. The Labute approximate surface area is 153 Å². The molecule has 2 N–H and O–H groups in total. The number of H-pyrrole nitrogens is 1. The number of aromatic nitrogens is 1. The molecule has 3 aliphatic rings. The third kappa shape index (κ3) is 2.48. The third-order valence-electron chi connectivity index (χ3n) is 6.78. The predicted octanol–water partition coefficient (Wildman–Crippen LogP) is 2.79. The van der Waals surface area contributed by atoms with Gasteiger partial charge >= 0.3 is 5.97 Å². The number of piperidine rings is 1. The number of hydrogen-bond donors (Lipinski definition) is 2. The number of carbonyl (C=O) groups is 1. The van der Waals surface area contributed by atoms with Gasteiger partial charge in [0.15, 0.2) is 0 Å². The van der Waals surface area contributed by atoms with Crippen LogP contribution in [0.3, 0.4) is 0 Å². The molecule has 0 bridgehead atoms. The number of aliphatic hydroxyl groups excluding tert-OH is 1. The summed E-state index contributed by atoms with van der Waals surface area (Å²) in [4.78, 5) is 17.8. The minimum absolute atomic E-state index is 0.237. The summed E-state index contributed by atoms with van der Waals surface area (Å²) in [7, 11) is 0. The minimum atomic E-state index is -0.530. The van der Waals surface area contributed by atoms with E-state index in [1.54, 1.807) is 0 Å². The Bertz CT molecular complexity index is 845. The van der Waals surface area contributed by atoms with Crippen molar-refractivity contribution in [3.63, 3.8) is 0 Å². The lowest BCUT2D eigenvalue weighted by molar-refractivity contribution is -0.169. The average Bonchev–Trinajstić information content (AvgIpc) is 3.02. The van der Waals surface area contributed by atoms with Crippen LogP contribution < -0.4 is 0 Å². The van der Waals surface area contributed by atoms with Crippen LogP contribution in [0.5, 0.6) is 0 Å². The molecule has 5 atom stereocenters. The summed E-state index contributed by atoms with van der Waals surface area (Å²) >= 11 is 0. The largest absolute Gasteiger partial charge is 0.459 e. The molecule has 3 heterocycles. The van der Waals surface area contributed by atoms with Crippen LogP contribution in [0, 0.1) is 11.8 Å². The summed E-state index contributed by atoms with van der Waals surface area (Å²) in [5.41, 5.74) is 3.99. The van der Waals surface area contributed by atoms with Gasteiger partial charge in [-0.2, -0.15) is 0 Å². The van der Waals surface area contributed by atoms with Gasteiger partial charge in [0.1, 0.15) is 6.10 Å². The molecule has 0 spiro atoms. The van der Waals surface area contributed by atoms with Gasteiger partial charge in [0.05, 0.1) is 12.1 Å². The van der Waals surface area contributed by atoms with Gasteiger partial charge in [-0.3, -0.25) is 9.69 Å². The Kier molecular flexibility index (Phi) is 3.83. The lowest BCUT2D eigenvalue weighted by Gasteiger charge is -2.51. The second-order valence-corrected chi connectivity index (χ2v) is 8.20. The molecule has 26 heavy (non-hydrogen) atoms. The van der Waals surface area contributed by atoms with E-state index in [0.717, 1.165) is 38.8 Å². The first-order chi connectivity index (χ1) is 12.6. The highest BCUT2D eigenvalue weighted by atomic mass is 16.6. The monoisotopic (exact) mass is 354 g/mol. The number of ether oxygens (including phenoxy) is 1. The van der Waals surface area contributed by atoms with E-state index in [0.29, 0.717) is 12.0 Å². The highest BCUT2D eigenvalue weighted by Crippen LogP contribution is 2.47. The molecule has 2 aliphatic heterocycles. The molecule has 5 heteroatoms. The summed E-state index contributed by atoms with van der Waals surface area (Å²) in [5.74, 6) is 0.457. The van der Waals surface area contributed by atoms with E-state index in [1.165, 1.54) is 29.1 Å². The van der Waals surface area contributed by atoms with E-state index < -0.39 is 6.10 Å². The predicted molar refractivity (Wildman–Crippen MR) is 98.7 cm³/mol. The average molecular weight is 354 g/mol. The molecule has 0 amide bonds. The van der Waals surface area contributed by atoms with Crippen molar-refractivity contribution < 1.29 is 14.6 Å². The number of para-hydroxylation sites is 1. The zero-order valence-electron chi connectivity index (χ0n) is 15.1. The highest BCUT2D eigenvalue weighted by Gasteiger charge is 2.48. The molecule has 5 nitrogen and oxygen atoms in total. The number of aliphatic hydroxyl groups is 1. The molecule has 1 saturated heterocycles. The molecular formula is C21H26N2O3. The van der Waals surface area contributed by atoms with Crippen LogP contribution in [0.1, 0.15) is 43.5 Å². The Hall–Kier alpha value is -1.85. The summed E-state index contributed by atoms with van der Waals surface area (Å²) in [6, 6.07) is 8.87. The molecule has 3 unspecified atom stereocenters. The summed E-state index contributed by atoms with van der Waals surface area (Å²) < 4.78 is 5.58. The fourth-order valence-corrected chi connectivity index (χ4v) is 5.64. The normalized spacial score (nSPS) is 34.0. The Morgan fingerprint density at radius 2 is 2.15 bits per heavy atom. The van der Waals surface area contributed by atoms with Crippen LogP contribution in [0.2, 0.25) is 0 Å². The van der Waals surface area contributed by atoms with Gasteiger partial charge in [0, 0.05) is 42.5 Å². The van der Waals surface area contributed by atoms with Crippen molar-refractivity contribution in [2.45, 2.75) is 50.9 Å². The Morgan fingerprint density at radius 3 is 3.00 bits per heavy atom. The fourth-order valence-electron chi connectivity index (χ4n) is 5.64. The smallest absolute Gasteiger partial charge is 0.303 e. The van der Waals surface area contributed by atoms with Crippen molar-refractivity contribution in [3.05, 3.63) is 35.5 Å². The Balaban J connectivity index is 1.50. The van der Waals surface area contributed by atoms with Gasteiger partial charge in [-0.1, -0.05) is 18.2 Å². The maximum absolute atomic E-state index is 11.6. The van der Waals surface area contributed by atoms with E-state index in [9.17, 15) is 9.90 Å². The lowest BCUT2D eigenvalue weighted by atomic mass is 9.69. The number of rotatable bonds is 1. The molecule has 0 radical (unpaired) electrons. The van der Waals surface area contributed by atoms with Gasteiger partial charge in [-0.25, -0.2) is 0 Å². The van der Waals surface area contributed by atoms with E-state index in [4.69, 9.17) is 4.74 Å². The number of carbonyl (C=O) groups excluding carboxylic acids is 1. The van der Waals surface area contributed by atoms with Gasteiger partial charge in [-0.15, -0.1) is 0 Å². The number of benzene rings is 1. The van der Waals surface area contributed by atoms with E-state index in [-0.39, 0.29) is 18.0 Å². The van der Waals surface area contributed by atoms with Crippen molar-refractivity contribution in [1.29, 1.82) is 0 Å². The fraction of sp³-hybridized carbons (Fsp3) is 0.571. The zero-order valence-corrected chi connectivity index (χ0v) is 15.1. The maximum Gasteiger partial charge on any atom is 0.303 e. The zero-order chi connectivity index (χ0) is 17.8. The van der Waals surface area contributed by atoms with E-state index in [2.05, 4.69) is 34.1 Å². The first-order valence-corrected chi connectivity index (χ1v) is 9.80. The van der Waals surface area contributed by atoms with Crippen LogP contribution in [0.25, 0.3) is 10.9 Å². The van der Waals surface area contributed by atoms with Crippen LogP contribution in [-0.4, -0.2) is 46.3 Å². The van der Waals surface area contributed by atoms with Crippen LogP contribution >= 0.6 is 0 Å². The minimum Gasteiger partial charge on any atom is -0.459 e. The van der Waals surface area contributed by atoms with Gasteiger partial charge in [0.25, 0.3) is 0 Å². The molecule has 1 aliphatic carbocycles. The third-order valence-corrected chi connectivity index (χ3v) is 6.78. The number of nitrogens with one attached hydrogen (secondary N) is 1. The van der Waals surface area contributed by atoms with Gasteiger partial charge in [0.2, 0.25) is 0 Å². The molecular weight excluding hydrogens is 328 g/mol. The van der Waals surface area contributed by atoms with E-state index >= 15 is 0 Å².